The Morgan fingerprint density at radius 3 is 2.80 bits per heavy atom. The van der Waals surface area contributed by atoms with Gasteiger partial charge >= 0.3 is 0 Å². The van der Waals surface area contributed by atoms with Gasteiger partial charge in [-0.05, 0) is 12.8 Å². The molecule has 0 bridgehead atoms. The molecule has 1 fully saturated rings. The Morgan fingerprint density at radius 2 is 2.27 bits per heavy atom. The van der Waals surface area contributed by atoms with Crippen molar-refractivity contribution in [2.45, 2.75) is 45.1 Å². The molecule has 1 rings (SSSR count). The topological polar surface area (TPSA) is 49.4 Å². The van der Waals surface area contributed by atoms with E-state index in [1.54, 1.807) is 11.9 Å². The van der Waals surface area contributed by atoms with Crippen molar-refractivity contribution in [2.75, 3.05) is 13.6 Å². The maximum atomic E-state index is 11.7. The van der Waals surface area contributed by atoms with E-state index < -0.39 is 0 Å². The lowest BCUT2D eigenvalue weighted by Crippen LogP contribution is -2.42. The highest BCUT2D eigenvalue weighted by atomic mass is 16.2. The zero-order chi connectivity index (χ0) is 11.3. The van der Waals surface area contributed by atoms with Crippen LogP contribution in [0.3, 0.4) is 0 Å². The Hall–Kier alpha value is -1.06. The van der Waals surface area contributed by atoms with Crippen LogP contribution in [0.1, 0.15) is 39.0 Å². The van der Waals surface area contributed by atoms with E-state index in [-0.39, 0.29) is 17.9 Å². The van der Waals surface area contributed by atoms with Gasteiger partial charge in [-0.25, -0.2) is 0 Å². The number of likely N-dealkylation sites (tertiary alicyclic amines) is 1. The number of unbranched alkanes of at least 4 members (excludes halogenated alkanes) is 2. The number of carbonyl (C=O) groups excluding carboxylic acids is 2. The van der Waals surface area contributed by atoms with Crippen molar-refractivity contribution in [3.63, 3.8) is 0 Å². The second-order valence-corrected chi connectivity index (χ2v) is 4.06. The fraction of sp³-hybridized carbons (Fsp3) is 0.818. The Kier molecular flexibility index (Phi) is 4.59. The molecule has 0 aromatic carbocycles. The van der Waals surface area contributed by atoms with Crippen LogP contribution in [0.15, 0.2) is 0 Å². The number of hydrogen-bond acceptors (Lipinski definition) is 2. The average molecular weight is 212 g/mol. The molecule has 4 nitrogen and oxygen atoms in total. The Bertz CT molecular complexity index is 241. The van der Waals surface area contributed by atoms with Crippen LogP contribution in [0.5, 0.6) is 0 Å². The molecule has 1 aliphatic heterocycles. The van der Waals surface area contributed by atoms with E-state index >= 15 is 0 Å². The Balaban J connectivity index is 2.25. The molecular formula is C11H20N2O2. The third-order valence-corrected chi connectivity index (χ3v) is 2.87. The quantitative estimate of drug-likeness (QED) is 0.689. The summed E-state index contributed by atoms with van der Waals surface area (Å²) in [5.74, 6) is 0.0724. The molecule has 0 aliphatic carbocycles. The first kappa shape index (κ1) is 12.0. The minimum absolute atomic E-state index is 0.000506. The summed E-state index contributed by atoms with van der Waals surface area (Å²) in [4.78, 5) is 24.4. The minimum atomic E-state index is -0.237. The zero-order valence-corrected chi connectivity index (χ0v) is 9.58. The molecule has 1 atom stereocenters. The molecule has 1 saturated heterocycles. The third kappa shape index (κ3) is 3.22. The standard InChI is InChI=1S/C11H20N2O2/c1-3-4-5-8-12-11(15)9-6-7-10(14)13(9)2/h9H,3-8H2,1-2H3,(H,12,15). The summed E-state index contributed by atoms with van der Waals surface area (Å²) in [7, 11) is 1.70. The van der Waals surface area contributed by atoms with Gasteiger partial charge in [0, 0.05) is 20.0 Å². The van der Waals surface area contributed by atoms with Crippen molar-refractivity contribution >= 4 is 11.8 Å². The van der Waals surface area contributed by atoms with Crippen molar-refractivity contribution in [1.82, 2.24) is 10.2 Å². The van der Waals surface area contributed by atoms with Crippen LogP contribution in [0, 0.1) is 0 Å². The second kappa shape index (κ2) is 5.73. The fourth-order valence-electron chi connectivity index (χ4n) is 1.82. The lowest BCUT2D eigenvalue weighted by Gasteiger charge is -2.18. The van der Waals surface area contributed by atoms with Crippen molar-refractivity contribution in [1.29, 1.82) is 0 Å². The number of amides is 2. The van der Waals surface area contributed by atoms with E-state index in [1.807, 2.05) is 0 Å². The first-order valence-corrected chi connectivity index (χ1v) is 5.70. The van der Waals surface area contributed by atoms with E-state index in [2.05, 4.69) is 12.2 Å². The molecule has 0 aromatic heterocycles. The van der Waals surface area contributed by atoms with Gasteiger partial charge in [0.2, 0.25) is 11.8 Å². The summed E-state index contributed by atoms with van der Waals surface area (Å²) >= 11 is 0. The van der Waals surface area contributed by atoms with Crippen LogP contribution in [-0.4, -0.2) is 36.3 Å². The number of nitrogens with zero attached hydrogens (tertiary/aromatic N) is 1. The lowest BCUT2D eigenvalue weighted by molar-refractivity contribution is -0.133. The number of likely N-dealkylation sites (N-methyl/N-ethyl adjacent to an activating group) is 1. The Morgan fingerprint density at radius 1 is 1.53 bits per heavy atom. The van der Waals surface area contributed by atoms with Gasteiger partial charge in [-0.3, -0.25) is 9.59 Å². The van der Waals surface area contributed by atoms with Gasteiger partial charge in [0.05, 0.1) is 0 Å². The van der Waals surface area contributed by atoms with Gasteiger partial charge < -0.3 is 10.2 Å². The highest BCUT2D eigenvalue weighted by molar-refractivity contribution is 5.90. The largest absolute Gasteiger partial charge is 0.354 e. The first-order chi connectivity index (χ1) is 7.16. The van der Waals surface area contributed by atoms with Gasteiger partial charge in [-0.1, -0.05) is 19.8 Å². The zero-order valence-electron chi connectivity index (χ0n) is 9.58. The molecule has 86 valence electrons. The van der Waals surface area contributed by atoms with Gasteiger partial charge in [0.15, 0.2) is 0 Å². The van der Waals surface area contributed by atoms with Crippen LogP contribution >= 0.6 is 0 Å². The summed E-state index contributed by atoms with van der Waals surface area (Å²) in [5, 5.41) is 2.88. The van der Waals surface area contributed by atoms with E-state index in [1.165, 1.54) is 0 Å². The molecule has 15 heavy (non-hydrogen) atoms. The molecule has 1 aliphatic rings. The van der Waals surface area contributed by atoms with E-state index in [9.17, 15) is 9.59 Å². The van der Waals surface area contributed by atoms with E-state index in [0.717, 1.165) is 25.8 Å². The monoisotopic (exact) mass is 212 g/mol. The highest BCUT2D eigenvalue weighted by Crippen LogP contribution is 2.16. The van der Waals surface area contributed by atoms with Crippen LogP contribution in [0.4, 0.5) is 0 Å². The van der Waals surface area contributed by atoms with E-state index in [4.69, 9.17) is 0 Å². The number of carbonyl (C=O) groups is 2. The lowest BCUT2D eigenvalue weighted by atomic mass is 10.2. The molecule has 0 aromatic rings. The maximum Gasteiger partial charge on any atom is 0.242 e. The van der Waals surface area contributed by atoms with Crippen LogP contribution in [0.25, 0.3) is 0 Å². The summed E-state index contributed by atoms with van der Waals surface area (Å²) < 4.78 is 0. The predicted molar refractivity (Wildman–Crippen MR) is 58.3 cm³/mol. The normalized spacial score (nSPS) is 20.8. The van der Waals surface area contributed by atoms with E-state index in [0.29, 0.717) is 12.8 Å². The van der Waals surface area contributed by atoms with Gasteiger partial charge in [-0.15, -0.1) is 0 Å². The highest BCUT2D eigenvalue weighted by Gasteiger charge is 2.32. The van der Waals surface area contributed by atoms with Gasteiger partial charge in [0.1, 0.15) is 6.04 Å². The maximum absolute atomic E-state index is 11.7. The SMILES string of the molecule is CCCCCNC(=O)C1CCC(=O)N1C. The number of hydrogen-bond donors (Lipinski definition) is 1. The number of rotatable bonds is 5. The van der Waals surface area contributed by atoms with Crippen molar-refractivity contribution in [3.05, 3.63) is 0 Å². The molecule has 1 heterocycles. The average Bonchev–Trinajstić information content (AvgIpc) is 2.55. The van der Waals surface area contributed by atoms with Gasteiger partial charge in [-0.2, -0.15) is 0 Å². The smallest absolute Gasteiger partial charge is 0.242 e. The van der Waals surface area contributed by atoms with Crippen LogP contribution in [-0.2, 0) is 9.59 Å². The molecule has 4 heteroatoms. The Labute approximate surface area is 91.0 Å². The predicted octanol–water partition coefficient (Wildman–Crippen LogP) is 0.914. The molecule has 0 radical (unpaired) electrons. The fourth-order valence-corrected chi connectivity index (χ4v) is 1.82. The molecule has 0 saturated carbocycles. The molecule has 0 spiro atoms. The third-order valence-electron chi connectivity index (χ3n) is 2.87. The van der Waals surface area contributed by atoms with Crippen LogP contribution in [0.2, 0.25) is 0 Å². The van der Waals surface area contributed by atoms with Crippen molar-refractivity contribution < 1.29 is 9.59 Å². The molecule has 1 N–H and O–H groups in total. The summed E-state index contributed by atoms with van der Waals surface area (Å²) in [6, 6.07) is -0.237. The first-order valence-electron chi connectivity index (χ1n) is 5.70. The number of nitrogens with one attached hydrogen (secondary N) is 1. The van der Waals surface area contributed by atoms with Crippen molar-refractivity contribution in [3.8, 4) is 0 Å². The second-order valence-electron chi connectivity index (χ2n) is 4.06. The molecule has 1 unspecified atom stereocenters. The summed E-state index contributed by atoms with van der Waals surface area (Å²) in [6.45, 7) is 2.86. The summed E-state index contributed by atoms with van der Waals surface area (Å²) in [5.41, 5.74) is 0. The molecule has 2 amide bonds. The van der Waals surface area contributed by atoms with Gasteiger partial charge in [0.25, 0.3) is 0 Å². The minimum Gasteiger partial charge on any atom is -0.354 e. The van der Waals surface area contributed by atoms with Crippen molar-refractivity contribution in [2.24, 2.45) is 0 Å². The molecular weight excluding hydrogens is 192 g/mol. The summed E-state index contributed by atoms with van der Waals surface area (Å²) in [6.07, 6.45) is 4.47. The van der Waals surface area contributed by atoms with Crippen LogP contribution < -0.4 is 5.32 Å².